The predicted molar refractivity (Wildman–Crippen MR) is 63.5 cm³/mol. The van der Waals surface area contributed by atoms with Crippen LogP contribution in [0.4, 0.5) is 0 Å². The number of carbonyl (C=O) groups is 1. The number of nitrogens with one attached hydrogen (secondary N) is 1. The lowest BCUT2D eigenvalue weighted by atomic mass is 10.1. The zero-order valence-corrected chi connectivity index (χ0v) is 9.60. The van der Waals surface area contributed by atoms with Crippen LogP contribution >= 0.6 is 0 Å². The van der Waals surface area contributed by atoms with Gasteiger partial charge in [-0.3, -0.25) is 4.79 Å². The van der Waals surface area contributed by atoms with E-state index in [2.05, 4.69) is 15.4 Å². The second-order valence-electron chi connectivity index (χ2n) is 3.92. The molecule has 1 aromatic carbocycles. The lowest BCUT2D eigenvalue weighted by molar-refractivity contribution is 0.100. The molecule has 88 valence electrons. The molecule has 0 aliphatic carbocycles. The largest absolute Gasteiger partial charge is 0.366 e. The summed E-state index contributed by atoms with van der Waals surface area (Å²) >= 11 is 0. The molecule has 1 amide bonds. The number of nitrogens with zero attached hydrogens (tertiary/aromatic N) is 2. The van der Waals surface area contributed by atoms with Gasteiger partial charge in [0.2, 0.25) is 5.91 Å². The third-order valence-corrected chi connectivity index (χ3v) is 2.71. The molecule has 2 rings (SSSR count). The average Bonchev–Trinajstić information content (AvgIpc) is 2.73. The van der Waals surface area contributed by atoms with E-state index in [9.17, 15) is 4.79 Å². The molecule has 0 radical (unpaired) electrons. The van der Waals surface area contributed by atoms with E-state index in [1.807, 2.05) is 19.1 Å². The van der Waals surface area contributed by atoms with Crippen molar-refractivity contribution >= 4 is 5.91 Å². The Morgan fingerprint density at radius 3 is 2.47 bits per heavy atom. The van der Waals surface area contributed by atoms with Crippen molar-refractivity contribution in [2.75, 3.05) is 0 Å². The van der Waals surface area contributed by atoms with E-state index in [-0.39, 0.29) is 0 Å². The molecular formula is C12H14N4O. The molecule has 2 aromatic rings. The second kappa shape index (κ2) is 4.78. The Morgan fingerprint density at radius 1 is 1.24 bits per heavy atom. The molecule has 1 heterocycles. The van der Waals surface area contributed by atoms with Crippen LogP contribution < -0.4 is 5.73 Å². The molecule has 5 heteroatoms. The zero-order chi connectivity index (χ0) is 12.3. The van der Waals surface area contributed by atoms with Crippen molar-refractivity contribution in [1.82, 2.24) is 15.4 Å². The van der Waals surface area contributed by atoms with E-state index in [4.69, 9.17) is 5.73 Å². The number of aryl methyl sites for hydroxylation is 3. The van der Waals surface area contributed by atoms with Crippen molar-refractivity contribution in [2.24, 2.45) is 5.73 Å². The Kier molecular flexibility index (Phi) is 3.18. The maximum atomic E-state index is 10.9. The summed E-state index contributed by atoms with van der Waals surface area (Å²) in [6, 6.07) is 7.31. The number of carbonyl (C=O) groups excluding carboxylic acids is 1. The Labute approximate surface area is 99.0 Å². The number of rotatable bonds is 4. The first-order valence-corrected chi connectivity index (χ1v) is 5.42. The number of aromatic nitrogens is 3. The summed E-state index contributed by atoms with van der Waals surface area (Å²) in [7, 11) is 0. The first-order chi connectivity index (χ1) is 8.16. The maximum absolute atomic E-state index is 10.9. The zero-order valence-electron chi connectivity index (χ0n) is 9.60. The van der Waals surface area contributed by atoms with Crippen molar-refractivity contribution < 1.29 is 4.79 Å². The Bertz CT molecular complexity index is 516. The molecule has 0 spiro atoms. The van der Waals surface area contributed by atoms with Gasteiger partial charge in [0.15, 0.2) is 0 Å². The number of nitrogens with two attached hydrogens (primary N) is 1. The molecule has 0 unspecified atom stereocenters. The van der Waals surface area contributed by atoms with E-state index in [0.29, 0.717) is 5.56 Å². The first-order valence-electron chi connectivity index (χ1n) is 5.42. The van der Waals surface area contributed by atoms with Gasteiger partial charge < -0.3 is 5.73 Å². The van der Waals surface area contributed by atoms with Crippen LogP contribution in [0.3, 0.4) is 0 Å². The third kappa shape index (κ3) is 2.69. The van der Waals surface area contributed by atoms with Gasteiger partial charge in [-0.25, -0.2) is 0 Å². The highest BCUT2D eigenvalue weighted by atomic mass is 16.1. The molecule has 0 saturated carbocycles. The van der Waals surface area contributed by atoms with Crippen LogP contribution in [0.1, 0.15) is 27.3 Å². The first kappa shape index (κ1) is 11.3. The summed E-state index contributed by atoms with van der Waals surface area (Å²) < 4.78 is 0. The molecule has 5 nitrogen and oxygen atoms in total. The molecule has 0 fully saturated rings. The molecule has 0 aliphatic rings. The van der Waals surface area contributed by atoms with Crippen LogP contribution in [-0.4, -0.2) is 21.3 Å². The maximum Gasteiger partial charge on any atom is 0.248 e. The SMILES string of the molecule is Cc1n[nH]nc1CCc1ccc(C(N)=O)cc1. The van der Waals surface area contributed by atoms with Crippen LogP contribution in [0.15, 0.2) is 24.3 Å². The van der Waals surface area contributed by atoms with Crippen LogP contribution in [0.25, 0.3) is 0 Å². The van der Waals surface area contributed by atoms with Gasteiger partial charge in [-0.15, -0.1) is 0 Å². The fourth-order valence-electron chi connectivity index (χ4n) is 1.64. The smallest absolute Gasteiger partial charge is 0.248 e. The van der Waals surface area contributed by atoms with Gasteiger partial charge in [-0.05, 0) is 37.5 Å². The van der Waals surface area contributed by atoms with Gasteiger partial charge in [0.05, 0.1) is 11.4 Å². The highest BCUT2D eigenvalue weighted by molar-refractivity contribution is 5.92. The van der Waals surface area contributed by atoms with E-state index >= 15 is 0 Å². The Balaban J connectivity index is 2.00. The Morgan fingerprint density at radius 2 is 1.94 bits per heavy atom. The van der Waals surface area contributed by atoms with Crippen molar-refractivity contribution in [3.05, 3.63) is 46.8 Å². The minimum Gasteiger partial charge on any atom is -0.366 e. The van der Waals surface area contributed by atoms with Crippen LogP contribution in [0, 0.1) is 6.92 Å². The monoisotopic (exact) mass is 230 g/mol. The number of aromatic amines is 1. The number of H-pyrrole nitrogens is 1. The molecule has 1 aromatic heterocycles. The van der Waals surface area contributed by atoms with Crippen LogP contribution in [0.2, 0.25) is 0 Å². The van der Waals surface area contributed by atoms with Crippen molar-refractivity contribution in [1.29, 1.82) is 0 Å². The molecule has 0 atom stereocenters. The van der Waals surface area contributed by atoms with Gasteiger partial charge in [0.1, 0.15) is 0 Å². The topological polar surface area (TPSA) is 84.7 Å². The standard InChI is InChI=1S/C12H14N4O/c1-8-11(15-16-14-8)7-4-9-2-5-10(6-3-9)12(13)17/h2-3,5-6H,4,7H2,1H3,(H2,13,17)(H,14,15,16). The molecule has 0 bridgehead atoms. The van der Waals surface area contributed by atoms with Gasteiger partial charge in [0.25, 0.3) is 0 Å². The Hall–Kier alpha value is -2.17. The van der Waals surface area contributed by atoms with Gasteiger partial charge >= 0.3 is 0 Å². The summed E-state index contributed by atoms with van der Waals surface area (Å²) in [6.07, 6.45) is 1.70. The molecule has 17 heavy (non-hydrogen) atoms. The van der Waals surface area contributed by atoms with Crippen molar-refractivity contribution in [2.45, 2.75) is 19.8 Å². The minimum absolute atomic E-state index is 0.399. The summed E-state index contributed by atoms with van der Waals surface area (Å²) in [5, 5.41) is 10.6. The summed E-state index contributed by atoms with van der Waals surface area (Å²) in [6.45, 7) is 1.93. The number of benzene rings is 1. The third-order valence-electron chi connectivity index (χ3n) is 2.71. The van der Waals surface area contributed by atoms with Gasteiger partial charge in [-0.1, -0.05) is 12.1 Å². The van der Waals surface area contributed by atoms with Crippen LogP contribution in [0.5, 0.6) is 0 Å². The summed E-state index contributed by atoms with van der Waals surface area (Å²) in [4.78, 5) is 10.9. The number of primary amides is 1. The van der Waals surface area contributed by atoms with Crippen molar-refractivity contribution in [3.8, 4) is 0 Å². The highest BCUT2D eigenvalue weighted by Gasteiger charge is 2.04. The van der Waals surface area contributed by atoms with Crippen LogP contribution in [-0.2, 0) is 12.8 Å². The molecule has 0 saturated heterocycles. The van der Waals surface area contributed by atoms with Gasteiger partial charge in [-0.2, -0.15) is 15.4 Å². The minimum atomic E-state index is -0.399. The lowest BCUT2D eigenvalue weighted by Crippen LogP contribution is -2.10. The molecule has 3 N–H and O–H groups in total. The highest BCUT2D eigenvalue weighted by Crippen LogP contribution is 2.08. The molecule has 0 aliphatic heterocycles. The van der Waals surface area contributed by atoms with E-state index in [1.54, 1.807) is 12.1 Å². The fraction of sp³-hybridized carbons (Fsp3) is 0.250. The van der Waals surface area contributed by atoms with Gasteiger partial charge in [0, 0.05) is 5.56 Å². The van der Waals surface area contributed by atoms with E-state index < -0.39 is 5.91 Å². The number of hydrogen-bond acceptors (Lipinski definition) is 3. The lowest BCUT2D eigenvalue weighted by Gasteiger charge is -2.01. The average molecular weight is 230 g/mol. The predicted octanol–water partition coefficient (Wildman–Crippen LogP) is 0.997. The van der Waals surface area contributed by atoms with E-state index in [1.165, 1.54) is 0 Å². The van der Waals surface area contributed by atoms with Crippen molar-refractivity contribution in [3.63, 3.8) is 0 Å². The van der Waals surface area contributed by atoms with E-state index in [0.717, 1.165) is 29.8 Å². The number of hydrogen-bond donors (Lipinski definition) is 2. The molecular weight excluding hydrogens is 216 g/mol. The normalized spacial score (nSPS) is 10.4. The second-order valence-corrected chi connectivity index (χ2v) is 3.92. The number of amides is 1. The summed E-state index contributed by atoms with van der Waals surface area (Å²) in [5.41, 5.74) is 8.76. The summed E-state index contributed by atoms with van der Waals surface area (Å²) in [5.74, 6) is -0.399. The fourth-order valence-corrected chi connectivity index (χ4v) is 1.64. The quantitative estimate of drug-likeness (QED) is 0.821.